The van der Waals surface area contributed by atoms with Crippen LogP contribution in [-0.2, 0) is 24.0 Å². The van der Waals surface area contributed by atoms with E-state index in [4.69, 9.17) is 14.6 Å². The molecule has 8 heteroatoms. The molecule has 2 fully saturated rings. The van der Waals surface area contributed by atoms with Gasteiger partial charge in [-0.3, -0.25) is 4.18 Å². The van der Waals surface area contributed by atoms with E-state index in [9.17, 15) is 12.8 Å². The summed E-state index contributed by atoms with van der Waals surface area (Å²) in [5, 5.41) is 4.88. The Morgan fingerprint density at radius 3 is 2.57 bits per heavy atom. The van der Waals surface area contributed by atoms with Gasteiger partial charge in [-0.05, 0) is 18.9 Å². The topological polar surface area (TPSA) is 87.9 Å². The Hall–Kier alpha value is -1.06. The van der Waals surface area contributed by atoms with E-state index < -0.39 is 34.1 Å². The fourth-order valence-electron chi connectivity index (χ4n) is 3.25. The van der Waals surface area contributed by atoms with E-state index in [2.05, 4.69) is 4.18 Å². The summed E-state index contributed by atoms with van der Waals surface area (Å²) in [6, 6.07) is 6.23. The molecule has 1 saturated heterocycles. The third-order valence-corrected chi connectivity index (χ3v) is 4.73. The van der Waals surface area contributed by atoms with Crippen molar-refractivity contribution in [1.29, 1.82) is 0 Å². The lowest BCUT2D eigenvalue weighted by molar-refractivity contribution is -0.196. The van der Waals surface area contributed by atoms with Gasteiger partial charge >= 0.3 is 10.3 Å². The normalized spacial score (nSPS) is 27.4. The highest BCUT2D eigenvalue weighted by molar-refractivity contribution is 7.84. The van der Waals surface area contributed by atoms with Gasteiger partial charge in [-0.15, -0.1) is 0 Å². The average molecular weight is 345 g/mol. The van der Waals surface area contributed by atoms with Crippen molar-refractivity contribution in [2.24, 2.45) is 5.14 Å². The highest BCUT2D eigenvalue weighted by Crippen LogP contribution is 2.46. The molecule has 1 spiro atoms. The summed E-state index contributed by atoms with van der Waals surface area (Å²) in [4.78, 5) is 0. The van der Waals surface area contributed by atoms with E-state index in [0.717, 1.165) is 19.3 Å². The maximum atomic E-state index is 14.1. The SMILES string of the molecule is NS(=O)(=O)OCC1OC2(CCCCC2)OC1c1ccccc1F. The second kappa shape index (κ2) is 6.45. The van der Waals surface area contributed by atoms with Crippen molar-refractivity contribution in [3.63, 3.8) is 0 Å². The van der Waals surface area contributed by atoms with Crippen molar-refractivity contribution in [2.75, 3.05) is 6.61 Å². The van der Waals surface area contributed by atoms with Crippen LogP contribution in [0.3, 0.4) is 0 Å². The second-order valence-electron chi connectivity index (χ2n) is 5.96. The van der Waals surface area contributed by atoms with Crippen LogP contribution in [0, 0.1) is 5.82 Å². The van der Waals surface area contributed by atoms with Crippen LogP contribution in [0.15, 0.2) is 24.3 Å². The van der Waals surface area contributed by atoms with Crippen molar-refractivity contribution in [3.8, 4) is 0 Å². The molecule has 128 valence electrons. The van der Waals surface area contributed by atoms with Gasteiger partial charge < -0.3 is 9.47 Å². The summed E-state index contributed by atoms with van der Waals surface area (Å²) in [5.74, 6) is -1.22. The molecule has 2 N–H and O–H groups in total. The minimum absolute atomic E-state index is 0.306. The molecule has 1 saturated carbocycles. The van der Waals surface area contributed by atoms with Crippen LogP contribution >= 0.6 is 0 Å². The van der Waals surface area contributed by atoms with E-state index in [1.165, 1.54) is 6.07 Å². The molecule has 1 aromatic rings. The van der Waals surface area contributed by atoms with E-state index in [-0.39, 0.29) is 6.61 Å². The minimum Gasteiger partial charge on any atom is -0.341 e. The first-order chi connectivity index (χ1) is 10.9. The number of halogens is 1. The molecule has 6 nitrogen and oxygen atoms in total. The molecule has 0 radical (unpaired) electrons. The van der Waals surface area contributed by atoms with Gasteiger partial charge in [0.05, 0.1) is 6.61 Å². The summed E-state index contributed by atoms with van der Waals surface area (Å²) < 4.78 is 52.9. The zero-order valence-corrected chi connectivity index (χ0v) is 13.4. The zero-order valence-electron chi connectivity index (χ0n) is 12.6. The summed E-state index contributed by atoms with van der Waals surface area (Å²) in [5.41, 5.74) is 0.331. The van der Waals surface area contributed by atoms with E-state index in [1.807, 2.05) is 0 Å². The van der Waals surface area contributed by atoms with Crippen LogP contribution in [-0.4, -0.2) is 26.9 Å². The molecule has 2 aliphatic rings. The molecule has 2 atom stereocenters. The van der Waals surface area contributed by atoms with Crippen LogP contribution in [0.2, 0.25) is 0 Å². The Labute approximate surface area is 135 Å². The molecular weight excluding hydrogens is 325 g/mol. The minimum atomic E-state index is -4.10. The Bertz CT molecular complexity index is 660. The van der Waals surface area contributed by atoms with Crippen molar-refractivity contribution in [1.82, 2.24) is 0 Å². The standard InChI is InChI=1S/C15H20FNO5S/c16-12-7-3-2-6-11(12)14-13(10-20-23(17,18)19)21-15(22-14)8-4-1-5-9-15/h2-3,6-7,13-14H,1,4-5,8-10H2,(H2,17,18,19). The first-order valence-electron chi connectivity index (χ1n) is 7.66. The fraction of sp³-hybridized carbons (Fsp3) is 0.600. The summed E-state index contributed by atoms with van der Waals surface area (Å²) in [6.07, 6.45) is 2.93. The second-order valence-corrected chi connectivity index (χ2v) is 7.19. The fourth-order valence-corrected chi connectivity index (χ4v) is 3.58. The number of hydrogen-bond donors (Lipinski definition) is 1. The lowest BCUT2D eigenvalue weighted by atomic mass is 9.94. The van der Waals surface area contributed by atoms with Crippen LogP contribution in [0.25, 0.3) is 0 Å². The van der Waals surface area contributed by atoms with Gasteiger partial charge in [0, 0.05) is 18.4 Å². The largest absolute Gasteiger partial charge is 0.341 e. The molecule has 0 bridgehead atoms. The smallest absolute Gasteiger partial charge is 0.333 e. The molecule has 0 amide bonds. The van der Waals surface area contributed by atoms with E-state index in [0.29, 0.717) is 18.4 Å². The molecule has 23 heavy (non-hydrogen) atoms. The third kappa shape index (κ3) is 3.89. The number of rotatable bonds is 4. The molecule has 2 unspecified atom stereocenters. The first kappa shape index (κ1) is 16.8. The molecule has 3 rings (SSSR count). The number of ether oxygens (including phenoxy) is 2. The van der Waals surface area contributed by atoms with Crippen molar-refractivity contribution in [3.05, 3.63) is 35.6 Å². The van der Waals surface area contributed by atoms with Gasteiger partial charge in [-0.1, -0.05) is 24.6 Å². The maximum Gasteiger partial charge on any atom is 0.333 e. The third-order valence-electron chi connectivity index (χ3n) is 4.27. The molecule has 1 aliphatic carbocycles. The van der Waals surface area contributed by atoms with Gasteiger partial charge in [0.2, 0.25) is 0 Å². The van der Waals surface area contributed by atoms with Gasteiger partial charge in [0.15, 0.2) is 5.79 Å². The van der Waals surface area contributed by atoms with Gasteiger partial charge in [0.1, 0.15) is 18.0 Å². The van der Waals surface area contributed by atoms with Crippen molar-refractivity contribution >= 4 is 10.3 Å². The quantitative estimate of drug-likeness (QED) is 0.903. The number of benzene rings is 1. The van der Waals surface area contributed by atoms with E-state index >= 15 is 0 Å². The Kier molecular flexibility index (Phi) is 4.70. The lowest BCUT2D eigenvalue weighted by Crippen LogP contribution is -2.34. The molecule has 1 heterocycles. The van der Waals surface area contributed by atoms with E-state index in [1.54, 1.807) is 18.2 Å². The lowest BCUT2D eigenvalue weighted by Gasteiger charge is -2.32. The van der Waals surface area contributed by atoms with Gasteiger partial charge in [-0.25, -0.2) is 9.53 Å². The number of hydrogen-bond acceptors (Lipinski definition) is 5. The first-order valence-corrected chi connectivity index (χ1v) is 9.13. The molecular formula is C15H20FNO5S. The van der Waals surface area contributed by atoms with Crippen LogP contribution < -0.4 is 5.14 Å². The Morgan fingerprint density at radius 1 is 1.22 bits per heavy atom. The van der Waals surface area contributed by atoms with Gasteiger partial charge in [0.25, 0.3) is 0 Å². The maximum absolute atomic E-state index is 14.1. The van der Waals surface area contributed by atoms with Crippen LogP contribution in [0.4, 0.5) is 4.39 Å². The van der Waals surface area contributed by atoms with Gasteiger partial charge in [-0.2, -0.15) is 8.42 Å². The predicted molar refractivity (Wildman–Crippen MR) is 80.0 cm³/mol. The highest BCUT2D eigenvalue weighted by atomic mass is 32.2. The monoisotopic (exact) mass is 345 g/mol. The zero-order chi connectivity index (χ0) is 16.5. The average Bonchev–Trinajstić information content (AvgIpc) is 2.84. The summed E-state index contributed by atoms with van der Waals surface area (Å²) >= 11 is 0. The Balaban J connectivity index is 1.85. The van der Waals surface area contributed by atoms with Crippen LogP contribution in [0.5, 0.6) is 0 Å². The predicted octanol–water partition coefficient (Wildman–Crippen LogP) is 2.16. The van der Waals surface area contributed by atoms with Crippen LogP contribution in [0.1, 0.15) is 43.8 Å². The Morgan fingerprint density at radius 2 is 1.91 bits per heavy atom. The molecule has 1 aliphatic heterocycles. The summed E-state index contributed by atoms with van der Waals surface area (Å²) in [7, 11) is -4.10. The highest BCUT2D eigenvalue weighted by Gasteiger charge is 2.49. The molecule has 0 aromatic heterocycles. The van der Waals surface area contributed by atoms with Crippen molar-refractivity contribution < 1.29 is 26.5 Å². The summed E-state index contributed by atoms with van der Waals surface area (Å²) in [6.45, 7) is -0.306. The number of nitrogens with two attached hydrogens (primary N) is 1. The van der Waals surface area contributed by atoms with Crippen molar-refractivity contribution in [2.45, 2.75) is 50.1 Å². The molecule has 1 aromatic carbocycles.